The van der Waals surface area contributed by atoms with Crippen molar-refractivity contribution in [3.8, 4) is 17.2 Å². The summed E-state index contributed by atoms with van der Waals surface area (Å²) in [7, 11) is 0. The van der Waals surface area contributed by atoms with Gasteiger partial charge >= 0.3 is 0 Å². The van der Waals surface area contributed by atoms with Crippen molar-refractivity contribution >= 4 is 0 Å². The minimum atomic E-state index is 0.270. The molecule has 0 aliphatic carbocycles. The van der Waals surface area contributed by atoms with E-state index in [0.717, 1.165) is 25.1 Å². The molecular formula is C22H24N2. The Morgan fingerprint density at radius 1 is 1.08 bits per heavy atom. The molecule has 0 spiro atoms. The van der Waals surface area contributed by atoms with E-state index in [1.807, 2.05) is 24.3 Å². The third-order valence-corrected chi connectivity index (χ3v) is 5.21. The molecule has 2 heteroatoms. The zero-order chi connectivity index (χ0) is 16.8. The fraction of sp³-hybridized carbons (Fsp3) is 0.318. The van der Waals surface area contributed by atoms with Crippen LogP contribution in [0.3, 0.4) is 0 Å². The van der Waals surface area contributed by atoms with Gasteiger partial charge in [0.2, 0.25) is 0 Å². The Morgan fingerprint density at radius 3 is 2.50 bits per heavy atom. The van der Waals surface area contributed by atoms with Gasteiger partial charge in [-0.25, -0.2) is 0 Å². The summed E-state index contributed by atoms with van der Waals surface area (Å²) in [6, 6.07) is 19.0. The lowest BCUT2D eigenvalue weighted by Crippen LogP contribution is -2.39. The van der Waals surface area contributed by atoms with Crippen LogP contribution < -0.4 is 5.32 Å². The molecule has 0 amide bonds. The molecule has 2 nitrogen and oxygen atoms in total. The van der Waals surface area contributed by atoms with Gasteiger partial charge in [0.15, 0.2) is 0 Å². The average Bonchev–Trinajstić information content (AvgIpc) is 2.67. The zero-order valence-corrected chi connectivity index (χ0v) is 14.1. The molecule has 0 saturated carbocycles. The minimum Gasteiger partial charge on any atom is -0.317 e. The molecule has 0 atom stereocenters. The second kappa shape index (κ2) is 7.47. The smallest absolute Gasteiger partial charge is 0.0991 e. The first kappa shape index (κ1) is 16.5. The van der Waals surface area contributed by atoms with Crippen molar-refractivity contribution in [3.63, 3.8) is 0 Å². The number of hydrogen-bond donors (Lipinski definition) is 1. The van der Waals surface area contributed by atoms with Crippen LogP contribution in [0.25, 0.3) is 11.1 Å². The number of benzene rings is 2. The molecule has 2 aromatic carbocycles. The van der Waals surface area contributed by atoms with Crippen LogP contribution in [0.4, 0.5) is 0 Å². The second-order valence-corrected chi connectivity index (χ2v) is 6.63. The highest BCUT2D eigenvalue weighted by Crippen LogP contribution is 2.38. The van der Waals surface area contributed by atoms with Crippen LogP contribution in [0.5, 0.6) is 0 Å². The summed E-state index contributed by atoms with van der Waals surface area (Å²) in [5.74, 6) is 0. The second-order valence-electron chi connectivity index (χ2n) is 6.63. The Labute approximate surface area is 144 Å². The van der Waals surface area contributed by atoms with Gasteiger partial charge in [0.05, 0.1) is 11.6 Å². The van der Waals surface area contributed by atoms with Gasteiger partial charge in [-0.2, -0.15) is 5.26 Å². The normalized spacial score (nSPS) is 16.3. The van der Waals surface area contributed by atoms with E-state index >= 15 is 0 Å². The van der Waals surface area contributed by atoms with E-state index in [-0.39, 0.29) is 5.41 Å². The van der Waals surface area contributed by atoms with E-state index in [4.69, 9.17) is 5.26 Å². The number of piperidine rings is 1. The van der Waals surface area contributed by atoms with Gasteiger partial charge in [-0.15, -0.1) is 6.58 Å². The summed E-state index contributed by atoms with van der Waals surface area (Å²) in [6.07, 6.45) is 6.63. The lowest BCUT2D eigenvalue weighted by Gasteiger charge is -2.38. The third kappa shape index (κ3) is 3.42. The maximum atomic E-state index is 9.08. The van der Waals surface area contributed by atoms with Crippen LogP contribution in [0.1, 0.15) is 36.8 Å². The summed E-state index contributed by atoms with van der Waals surface area (Å²) in [6.45, 7) is 6.07. The van der Waals surface area contributed by atoms with Crippen molar-refractivity contribution in [2.75, 3.05) is 13.1 Å². The molecule has 0 radical (unpaired) electrons. The maximum Gasteiger partial charge on any atom is 0.0991 e. The SMILES string of the molecule is C=CCCC1(c2ccc(-c3cccc(C#N)c3)cc2)CCNCC1. The van der Waals surface area contributed by atoms with Gasteiger partial charge in [0, 0.05) is 0 Å². The molecule has 1 aliphatic rings. The van der Waals surface area contributed by atoms with E-state index in [1.165, 1.54) is 30.4 Å². The van der Waals surface area contributed by atoms with Crippen LogP contribution in [-0.2, 0) is 5.41 Å². The van der Waals surface area contributed by atoms with E-state index < -0.39 is 0 Å². The van der Waals surface area contributed by atoms with Crippen LogP contribution in [0.2, 0.25) is 0 Å². The predicted octanol–water partition coefficient (Wildman–Crippen LogP) is 4.81. The van der Waals surface area contributed by atoms with Crippen molar-refractivity contribution in [1.29, 1.82) is 5.26 Å². The zero-order valence-electron chi connectivity index (χ0n) is 14.1. The van der Waals surface area contributed by atoms with Gasteiger partial charge in [-0.05, 0) is 73.0 Å². The number of rotatable bonds is 5. The summed E-state index contributed by atoms with van der Waals surface area (Å²) in [4.78, 5) is 0. The summed E-state index contributed by atoms with van der Waals surface area (Å²) in [5.41, 5.74) is 4.69. The van der Waals surface area contributed by atoms with E-state index in [2.05, 4.69) is 48.3 Å². The summed E-state index contributed by atoms with van der Waals surface area (Å²) in [5, 5.41) is 12.6. The number of nitrogens with zero attached hydrogens (tertiary/aromatic N) is 1. The van der Waals surface area contributed by atoms with Crippen LogP contribution in [0, 0.1) is 11.3 Å². The highest BCUT2D eigenvalue weighted by Gasteiger charge is 2.32. The summed E-state index contributed by atoms with van der Waals surface area (Å²) < 4.78 is 0. The maximum absolute atomic E-state index is 9.08. The molecule has 0 bridgehead atoms. The van der Waals surface area contributed by atoms with Crippen molar-refractivity contribution in [2.24, 2.45) is 0 Å². The van der Waals surface area contributed by atoms with Crippen molar-refractivity contribution < 1.29 is 0 Å². The molecule has 1 aliphatic heterocycles. The van der Waals surface area contributed by atoms with Crippen LogP contribution in [-0.4, -0.2) is 13.1 Å². The van der Waals surface area contributed by atoms with Crippen LogP contribution in [0.15, 0.2) is 61.2 Å². The number of hydrogen-bond acceptors (Lipinski definition) is 2. The first-order valence-corrected chi connectivity index (χ1v) is 8.70. The molecule has 24 heavy (non-hydrogen) atoms. The molecular weight excluding hydrogens is 292 g/mol. The molecule has 1 saturated heterocycles. The Bertz CT molecular complexity index is 731. The van der Waals surface area contributed by atoms with E-state index in [0.29, 0.717) is 5.56 Å². The highest BCUT2D eigenvalue weighted by atomic mass is 14.9. The van der Waals surface area contributed by atoms with Gasteiger partial charge in [-0.1, -0.05) is 42.5 Å². The fourth-order valence-electron chi connectivity index (χ4n) is 3.75. The van der Waals surface area contributed by atoms with Gasteiger partial charge in [-0.3, -0.25) is 0 Å². The van der Waals surface area contributed by atoms with Crippen LogP contribution >= 0.6 is 0 Å². The number of nitrogens with one attached hydrogen (secondary N) is 1. The Hall–Kier alpha value is -2.37. The topological polar surface area (TPSA) is 35.8 Å². The molecule has 0 unspecified atom stereocenters. The van der Waals surface area contributed by atoms with Crippen molar-refractivity contribution in [2.45, 2.75) is 31.1 Å². The van der Waals surface area contributed by atoms with E-state index in [9.17, 15) is 0 Å². The molecule has 1 heterocycles. The first-order valence-electron chi connectivity index (χ1n) is 8.70. The standard InChI is InChI=1S/C22H24N2/c1-2-3-11-22(12-14-24-15-13-22)21-9-7-19(8-10-21)20-6-4-5-18(16-20)17-23/h2,4-10,16,24H,1,3,11-15H2. The lowest BCUT2D eigenvalue weighted by atomic mass is 9.70. The van der Waals surface area contributed by atoms with Gasteiger partial charge < -0.3 is 5.32 Å². The summed E-state index contributed by atoms with van der Waals surface area (Å²) >= 11 is 0. The Kier molecular flexibility index (Phi) is 5.13. The first-order chi connectivity index (χ1) is 11.8. The molecule has 1 fully saturated rings. The molecule has 3 rings (SSSR count). The molecule has 0 aromatic heterocycles. The van der Waals surface area contributed by atoms with Gasteiger partial charge in [0.1, 0.15) is 0 Å². The quantitative estimate of drug-likeness (QED) is 0.803. The van der Waals surface area contributed by atoms with Crippen molar-refractivity contribution in [3.05, 3.63) is 72.3 Å². The highest BCUT2D eigenvalue weighted by molar-refractivity contribution is 5.65. The Morgan fingerprint density at radius 2 is 1.83 bits per heavy atom. The average molecular weight is 316 g/mol. The van der Waals surface area contributed by atoms with E-state index in [1.54, 1.807) is 0 Å². The Balaban J connectivity index is 1.89. The predicted molar refractivity (Wildman–Crippen MR) is 99.8 cm³/mol. The lowest BCUT2D eigenvalue weighted by molar-refractivity contribution is 0.289. The monoisotopic (exact) mass is 316 g/mol. The molecule has 122 valence electrons. The van der Waals surface area contributed by atoms with Crippen molar-refractivity contribution in [1.82, 2.24) is 5.32 Å². The number of nitriles is 1. The fourth-order valence-corrected chi connectivity index (χ4v) is 3.75. The third-order valence-electron chi connectivity index (χ3n) is 5.21. The number of allylic oxidation sites excluding steroid dienone is 1. The molecule has 2 aromatic rings. The largest absolute Gasteiger partial charge is 0.317 e. The minimum absolute atomic E-state index is 0.270. The van der Waals surface area contributed by atoms with Gasteiger partial charge in [0.25, 0.3) is 0 Å². The molecule has 1 N–H and O–H groups in total.